The first-order chi connectivity index (χ1) is 18.4. The fourth-order valence-electron chi connectivity index (χ4n) is 4.04. The molecule has 5 N–H and O–H groups in total. The van der Waals surface area contributed by atoms with Crippen molar-refractivity contribution in [2.45, 2.75) is 44.6 Å². The molecule has 200 valence electrons. The molecule has 0 radical (unpaired) electrons. The Bertz CT molecular complexity index is 1180. The predicted molar refractivity (Wildman–Crippen MR) is 144 cm³/mol. The van der Waals surface area contributed by atoms with Gasteiger partial charge in [0.05, 0.1) is 0 Å². The van der Waals surface area contributed by atoms with Gasteiger partial charge < -0.3 is 26.4 Å². The van der Waals surface area contributed by atoms with Crippen LogP contribution in [0.1, 0.15) is 60.0 Å². The molecule has 0 saturated carbocycles. The van der Waals surface area contributed by atoms with Gasteiger partial charge >= 0.3 is 0 Å². The van der Waals surface area contributed by atoms with E-state index in [0.717, 1.165) is 44.3 Å². The molecule has 1 aliphatic rings. The van der Waals surface area contributed by atoms with Crippen molar-refractivity contribution in [1.82, 2.24) is 10.2 Å². The van der Waals surface area contributed by atoms with Crippen LogP contribution in [0.4, 0.5) is 5.69 Å². The van der Waals surface area contributed by atoms with Crippen molar-refractivity contribution in [3.05, 3.63) is 65.2 Å². The van der Waals surface area contributed by atoms with Gasteiger partial charge in [0.25, 0.3) is 5.91 Å². The smallest absolute Gasteiger partial charge is 0.251 e. The maximum Gasteiger partial charge on any atom is 0.251 e. The van der Waals surface area contributed by atoms with Gasteiger partial charge in [0.15, 0.2) is 5.78 Å². The first-order valence-electron chi connectivity index (χ1n) is 12.8. The van der Waals surface area contributed by atoms with Gasteiger partial charge in [0.2, 0.25) is 11.8 Å². The number of nitrogens with one attached hydrogen (secondary N) is 2. The molecule has 38 heavy (non-hydrogen) atoms. The lowest BCUT2D eigenvalue weighted by Crippen LogP contribution is -2.46. The molecular weight excluding hydrogens is 484 g/mol. The van der Waals surface area contributed by atoms with Crippen molar-refractivity contribution in [2.24, 2.45) is 5.73 Å². The van der Waals surface area contributed by atoms with Crippen molar-refractivity contribution in [3.8, 4) is 11.8 Å². The Morgan fingerprint density at radius 1 is 0.974 bits per heavy atom. The Hall–Kier alpha value is -4.00. The standard InChI is InChI=1S/C29H34N4O5/c30-19-25(26(35)20-34)32-29(38)23-13-9-21(10-14-23)7-8-22-11-15-24(16-12-22)31-27(36)5-2-1-3-17-33-18-4-6-28(33)37/h9-16,25,34H,1-6,17-20,30H2,(H,31,36)(H,32,38)/t25-/m0/s1. The molecule has 9 nitrogen and oxygen atoms in total. The summed E-state index contributed by atoms with van der Waals surface area (Å²) >= 11 is 0. The summed E-state index contributed by atoms with van der Waals surface area (Å²) in [6.07, 6.45) is 4.67. The molecule has 1 atom stereocenters. The number of anilines is 1. The second-order valence-corrected chi connectivity index (χ2v) is 9.13. The van der Waals surface area contributed by atoms with Crippen LogP contribution in [0, 0.1) is 11.8 Å². The molecule has 2 aromatic rings. The summed E-state index contributed by atoms with van der Waals surface area (Å²) in [6, 6.07) is 12.9. The number of nitrogens with zero attached hydrogens (tertiary/aromatic N) is 1. The number of hydrogen-bond acceptors (Lipinski definition) is 6. The Morgan fingerprint density at radius 2 is 1.63 bits per heavy atom. The van der Waals surface area contributed by atoms with Crippen molar-refractivity contribution in [1.29, 1.82) is 0 Å². The number of aliphatic hydroxyl groups is 1. The third-order valence-electron chi connectivity index (χ3n) is 6.26. The van der Waals surface area contributed by atoms with Gasteiger partial charge in [0, 0.05) is 54.9 Å². The van der Waals surface area contributed by atoms with E-state index in [9.17, 15) is 19.2 Å². The topological polar surface area (TPSA) is 142 Å². The van der Waals surface area contributed by atoms with E-state index < -0.39 is 24.3 Å². The zero-order chi connectivity index (χ0) is 27.3. The Balaban J connectivity index is 1.42. The fraction of sp³-hybridized carbons (Fsp3) is 0.379. The summed E-state index contributed by atoms with van der Waals surface area (Å²) in [7, 11) is 0. The fourth-order valence-corrected chi connectivity index (χ4v) is 4.04. The number of ketones is 1. The minimum absolute atomic E-state index is 0.0382. The van der Waals surface area contributed by atoms with Gasteiger partial charge in [-0.15, -0.1) is 0 Å². The molecule has 1 saturated heterocycles. The zero-order valence-corrected chi connectivity index (χ0v) is 21.4. The normalized spacial score (nSPS) is 13.4. The quantitative estimate of drug-likeness (QED) is 0.250. The summed E-state index contributed by atoms with van der Waals surface area (Å²) < 4.78 is 0. The zero-order valence-electron chi connectivity index (χ0n) is 21.4. The molecule has 1 fully saturated rings. The van der Waals surface area contributed by atoms with Crippen LogP contribution in [0.2, 0.25) is 0 Å². The average molecular weight is 519 g/mol. The number of likely N-dealkylation sites (tertiary alicyclic amines) is 1. The van der Waals surface area contributed by atoms with E-state index in [1.54, 1.807) is 36.4 Å². The lowest BCUT2D eigenvalue weighted by molar-refractivity contribution is -0.127. The molecule has 2 aromatic carbocycles. The highest BCUT2D eigenvalue weighted by Gasteiger charge is 2.19. The minimum Gasteiger partial charge on any atom is -0.388 e. The number of aliphatic hydroxyl groups excluding tert-OH is 1. The maximum atomic E-state index is 12.3. The van der Waals surface area contributed by atoms with Crippen LogP contribution < -0.4 is 16.4 Å². The summed E-state index contributed by atoms with van der Waals surface area (Å²) in [4.78, 5) is 49.6. The average Bonchev–Trinajstić information content (AvgIpc) is 3.35. The molecular formula is C29H34N4O5. The Kier molecular flexibility index (Phi) is 11.0. The number of nitrogens with two attached hydrogens (primary N) is 1. The van der Waals surface area contributed by atoms with E-state index in [2.05, 4.69) is 22.5 Å². The number of amides is 3. The van der Waals surface area contributed by atoms with Crippen LogP contribution in [0.5, 0.6) is 0 Å². The molecule has 3 rings (SSSR count). The predicted octanol–water partition coefficient (Wildman–Crippen LogP) is 1.83. The van der Waals surface area contributed by atoms with Crippen molar-refractivity contribution in [2.75, 3.05) is 31.6 Å². The largest absolute Gasteiger partial charge is 0.388 e. The molecule has 0 aromatic heterocycles. The molecule has 1 aliphatic heterocycles. The number of carbonyl (C=O) groups excluding carboxylic acids is 4. The van der Waals surface area contributed by atoms with Crippen LogP contribution in [-0.2, 0) is 14.4 Å². The van der Waals surface area contributed by atoms with Crippen LogP contribution >= 0.6 is 0 Å². The highest BCUT2D eigenvalue weighted by molar-refractivity contribution is 5.98. The van der Waals surface area contributed by atoms with E-state index in [1.807, 2.05) is 17.0 Å². The van der Waals surface area contributed by atoms with Gasteiger partial charge in [-0.1, -0.05) is 18.3 Å². The third-order valence-corrected chi connectivity index (χ3v) is 6.26. The highest BCUT2D eigenvalue weighted by atomic mass is 16.3. The monoisotopic (exact) mass is 518 g/mol. The number of carbonyl (C=O) groups is 4. The van der Waals surface area contributed by atoms with E-state index in [-0.39, 0.29) is 18.4 Å². The first kappa shape index (κ1) is 28.6. The third kappa shape index (κ3) is 8.83. The Morgan fingerprint density at radius 3 is 2.21 bits per heavy atom. The minimum atomic E-state index is -0.933. The first-order valence-corrected chi connectivity index (χ1v) is 12.8. The van der Waals surface area contributed by atoms with Crippen LogP contribution in [-0.4, -0.2) is 65.8 Å². The van der Waals surface area contributed by atoms with Crippen molar-refractivity contribution >= 4 is 29.2 Å². The van der Waals surface area contributed by atoms with Crippen molar-refractivity contribution in [3.63, 3.8) is 0 Å². The van der Waals surface area contributed by atoms with Crippen LogP contribution in [0.3, 0.4) is 0 Å². The Labute approximate surface area is 222 Å². The van der Waals surface area contributed by atoms with E-state index in [0.29, 0.717) is 29.7 Å². The molecule has 0 unspecified atom stereocenters. The number of rotatable bonds is 12. The van der Waals surface area contributed by atoms with Gasteiger partial charge in [-0.3, -0.25) is 19.2 Å². The summed E-state index contributed by atoms with van der Waals surface area (Å²) in [5.41, 5.74) is 8.01. The lowest BCUT2D eigenvalue weighted by atomic mass is 10.1. The molecule has 1 heterocycles. The van der Waals surface area contributed by atoms with Gasteiger partial charge in [-0.2, -0.15) is 0 Å². The van der Waals surface area contributed by atoms with Gasteiger partial charge in [0.1, 0.15) is 12.6 Å². The second kappa shape index (κ2) is 14.7. The van der Waals surface area contributed by atoms with Crippen molar-refractivity contribution < 1.29 is 24.3 Å². The van der Waals surface area contributed by atoms with E-state index in [4.69, 9.17) is 10.8 Å². The van der Waals surface area contributed by atoms with Gasteiger partial charge in [-0.05, 0) is 67.8 Å². The maximum absolute atomic E-state index is 12.3. The molecule has 0 bridgehead atoms. The number of hydrogen-bond donors (Lipinski definition) is 4. The van der Waals surface area contributed by atoms with E-state index in [1.165, 1.54) is 0 Å². The van der Waals surface area contributed by atoms with Gasteiger partial charge in [-0.25, -0.2) is 0 Å². The lowest BCUT2D eigenvalue weighted by Gasteiger charge is -2.14. The summed E-state index contributed by atoms with van der Waals surface area (Å²) in [6.45, 7) is 0.858. The molecule has 0 spiro atoms. The summed E-state index contributed by atoms with van der Waals surface area (Å²) in [5.74, 6) is 5.27. The molecule has 9 heteroatoms. The molecule has 0 aliphatic carbocycles. The number of unbranched alkanes of at least 4 members (excludes halogenated alkanes) is 2. The number of benzene rings is 2. The molecule has 3 amide bonds. The highest BCUT2D eigenvalue weighted by Crippen LogP contribution is 2.13. The SMILES string of the molecule is NC[C@H](NC(=O)c1ccc(C#Cc2ccc(NC(=O)CCCCCN3CCCC3=O)cc2)cc1)C(=O)CO. The number of Topliss-reactive ketones (excluding diaryl/α,β-unsaturated/α-hetero) is 1. The van der Waals surface area contributed by atoms with E-state index >= 15 is 0 Å². The second-order valence-electron chi connectivity index (χ2n) is 9.13. The van der Waals surface area contributed by atoms with Crippen LogP contribution in [0.25, 0.3) is 0 Å². The van der Waals surface area contributed by atoms with Crippen LogP contribution in [0.15, 0.2) is 48.5 Å². The summed E-state index contributed by atoms with van der Waals surface area (Å²) in [5, 5.41) is 14.3.